The predicted octanol–water partition coefficient (Wildman–Crippen LogP) is 2.49. The fourth-order valence-corrected chi connectivity index (χ4v) is 2.92. The van der Waals surface area contributed by atoms with Gasteiger partial charge in [0.05, 0.1) is 11.5 Å². The Balaban J connectivity index is 0.00000242. The van der Waals surface area contributed by atoms with Crippen molar-refractivity contribution < 1.29 is 9.72 Å². The van der Waals surface area contributed by atoms with Gasteiger partial charge < -0.3 is 10.6 Å². The molecule has 0 aliphatic heterocycles. The maximum atomic E-state index is 12.4. The van der Waals surface area contributed by atoms with Crippen molar-refractivity contribution in [1.29, 1.82) is 0 Å². The number of para-hydroxylation sites is 1. The maximum Gasteiger partial charge on any atom is 0.274 e. The quantitative estimate of drug-likeness (QED) is 0.679. The number of nitrogens with two attached hydrogens (primary N) is 1. The van der Waals surface area contributed by atoms with Crippen molar-refractivity contribution in [2.45, 2.75) is 38.3 Å². The molecule has 1 saturated carbocycles. The fraction of sp³-hybridized carbons (Fsp3) is 0.533. The van der Waals surface area contributed by atoms with E-state index in [4.69, 9.17) is 5.73 Å². The lowest BCUT2D eigenvalue weighted by Gasteiger charge is -2.29. The summed E-state index contributed by atoms with van der Waals surface area (Å²) in [4.78, 5) is 24.6. The third-order valence-corrected chi connectivity index (χ3v) is 4.04. The van der Waals surface area contributed by atoms with Crippen molar-refractivity contribution >= 4 is 24.0 Å². The molecule has 22 heavy (non-hydrogen) atoms. The number of benzene rings is 1. The molecule has 1 amide bonds. The highest BCUT2D eigenvalue weighted by molar-refractivity contribution is 5.85. The smallest absolute Gasteiger partial charge is 0.274 e. The second-order valence-electron chi connectivity index (χ2n) is 5.70. The van der Waals surface area contributed by atoms with Gasteiger partial charge in [0.1, 0.15) is 0 Å². The van der Waals surface area contributed by atoms with E-state index in [9.17, 15) is 14.9 Å². The minimum Gasteiger partial charge on any atom is -0.341 e. The first kappa shape index (κ1) is 18.4. The Bertz CT molecular complexity index is 539. The Kier molecular flexibility index (Phi) is 6.77. The SMILES string of the molecule is CN(Cc1ccccc1[N+](=O)[O-])C(=O)C1CCCC(N)C1.Cl. The lowest BCUT2D eigenvalue weighted by Crippen LogP contribution is -2.38. The van der Waals surface area contributed by atoms with Crippen LogP contribution in [0.3, 0.4) is 0 Å². The lowest BCUT2D eigenvalue weighted by molar-refractivity contribution is -0.385. The van der Waals surface area contributed by atoms with Gasteiger partial charge in [0.2, 0.25) is 5.91 Å². The Morgan fingerprint density at radius 3 is 2.73 bits per heavy atom. The molecule has 0 bridgehead atoms. The molecular weight excluding hydrogens is 306 g/mol. The van der Waals surface area contributed by atoms with Crippen molar-refractivity contribution in [3.05, 3.63) is 39.9 Å². The zero-order chi connectivity index (χ0) is 15.4. The van der Waals surface area contributed by atoms with E-state index in [-0.39, 0.29) is 42.5 Å². The van der Waals surface area contributed by atoms with E-state index in [0.29, 0.717) is 12.0 Å². The van der Waals surface area contributed by atoms with Crippen LogP contribution in [0.25, 0.3) is 0 Å². The standard InChI is InChI=1S/C15H21N3O3.ClH/c1-17(15(19)11-6-4-7-13(16)9-11)10-12-5-2-3-8-14(12)18(20)21;/h2-3,5,8,11,13H,4,6-7,9-10,16H2,1H3;1H. The Hall–Kier alpha value is -1.66. The van der Waals surface area contributed by atoms with Gasteiger partial charge in [0.25, 0.3) is 5.69 Å². The molecule has 0 heterocycles. The lowest BCUT2D eigenvalue weighted by atomic mass is 9.85. The van der Waals surface area contributed by atoms with E-state index < -0.39 is 4.92 Å². The van der Waals surface area contributed by atoms with Crippen molar-refractivity contribution in [2.75, 3.05) is 7.05 Å². The van der Waals surface area contributed by atoms with Gasteiger partial charge in [0, 0.05) is 30.6 Å². The van der Waals surface area contributed by atoms with Crippen LogP contribution in [0, 0.1) is 16.0 Å². The molecule has 1 aromatic carbocycles. The highest BCUT2D eigenvalue weighted by Gasteiger charge is 2.28. The molecule has 1 aliphatic carbocycles. The van der Waals surface area contributed by atoms with Crippen LogP contribution in [-0.4, -0.2) is 28.8 Å². The number of carbonyl (C=O) groups is 1. The molecular formula is C15H22ClN3O3. The fourth-order valence-electron chi connectivity index (χ4n) is 2.92. The molecule has 2 rings (SSSR count). The number of amides is 1. The van der Waals surface area contributed by atoms with Gasteiger partial charge in [-0.2, -0.15) is 0 Å². The molecule has 6 nitrogen and oxygen atoms in total. The number of hydrogen-bond donors (Lipinski definition) is 1. The summed E-state index contributed by atoms with van der Waals surface area (Å²) in [7, 11) is 1.69. The third-order valence-electron chi connectivity index (χ3n) is 4.04. The summed E-state index contributed by atoms with van der Waals surface area (Å²) in [6.07, 6.45) is 3.50. The molecule has 2 unspecified atom stereocenters. The van der Waals surface area contributed by atoms with Gasteiger partial charge in [-0.05, 0) is 19.3 Å². The molecule has 7 heteroatoms. The van der Waals surface area contributed by atoms with Crippen LogP contribution in [0.5, 0.6) is 0 Å². The van der Waals surface area contributed by atoms with Crippen LogP contribution in [0.4, 0.5) is 5.69 Å². The first-order chi connectivity index (χ1) is 9.99. The molecule has 0 radical (unpaired) electrons. The van der Waals surface area contributed by atoms with E-state index in [1.165, 1.54) is 6.07 Å². The highest BCUT2D eigenvalue weighted by Crippen LogP contribution is 2.26. The van der Waals surface area contributed by atoms with Crippen molar-refractivity contribution in [1.82, 2.24) is 4.90 Å². The van der Waals surface area contributed by atoms with Crippen molar-refractivity contribution in [3.63, 3.8) is 0 Å². The summed E-state index contributed by atoms with van der Waals surface area (Å²) in [5, 5.41) is 11.0. The Morgan fingerprint density at radius 2 is 2.09 bits per heavy atom. The van der Waals surface area contributed by atoms with Crippen LogP contribution >= 0.6 is 12.4 Å². The zero-order valence-electron chi connectivity index (χ0n) is 12.6. The average Bonchev–Trinajstić information content (AvgIpc) is 2.46. The van der Waals surface area contributed by atoms with Crippen LogP contribution in [0.1, 0.15) is 31.2 Å². The van der Waals surface area contributed by atoms with Crippen molar-refractivity contribution in [2.24, 2.45) is 11.7 Å². The minimum absolute atomic E-state index is 0. The topological polar surface area (TPSA) is 89.5 Å². The number of nitro groups is 1. The van der Waals surface area contributed by atoms with Crippen LogP contribution in [0.15, 0.2) is 24.3 Å². The highest BCUT2D eigenvalue weighted by atomic mass is 35.5. The van der Waals surface area contributed by atoms with E-state index >= 15 is 0 Å². The largest absolute Gasteiger partial charge is 0.341 e. The van der Waals surface area contributed by atoms with Gasteiger partial charge in [-0.25, -0.2) is 0 Å². The summed E-state index contributed by atoms with van der Waals surface area (Å²) < 4.78 is 0. The molecule has 2 atom stereocenters. The first-order valence-corrected chi connectivity index (χ1v) is 7.22. The van der Waals surface area contributed by atoms with Gasteiger partial charge in [-0.1, -0.05) is 24.6 Å². The van der Waals surface area contributed by atoms with Gasteiger partial charge in [-0.15, -0.1) is 12.4 Å². The first-order valence-electron chi connectivity index (χ1n) is 7.22. The number of nitro benzene ring substituents is 1. The molecule has 1 fully saturated rings. The summed E-state index contributed by atoms with van der Waals surface area (Å²) in [6, 6.07) is 6.62. The minimum atomic E-state index is -0.413. The monoisotopic (exact) mass is 327 g/mol. The second-order valence-corrected chi connectivity index (χ2v) is 5.70. The summed E-state index contributed by atoms with van der Waals surface area (Å²) in [6.45, 7) is 0.252. The zero-order valence-corrected chi connectivity index (χ0v) is 13.4. The summed E-state index contributed by atoms with van der Waals surface area (Å²) in [5.74, 6) is -0.0233. The molecule has 0 spiro atoms. The average molecular weight is 328 g/mol. The van der Waals surface area contributed by atoms with Crippen LogP contribution in [-0.2, 0) is 11.3 Å². The van der Waals surface area contributed by atoms with Crippen LogP contribution < -0.4 is 5.73 Å². The number of carbonyl (C=O) groups excluding carboxylic acids is 1. The second kappa shape index (κ2) is 8.10. The van der Waals surface area contributed by atoms with Gasteiger partial charge in [0.15, 0.2) is 0 Å². The van der Waals surface area contributed by atoms with E-state index in [2.05, 4.69) is 0 Å². The number of rotatable bonds is 4. The van der Waals surface area contributed by atoms with E-state index in [1.54, 1.807) is 30.1 Å². The Labute approximate surface area is 136 Å². The van der Waals surface area contributed by atoms with Gasteiger partial charge >= 0.3 is 0 Å². The normalized spacial score (nSPS) is 20.8. The summed E-state index contributed by atoms with van der Waals surface area (Å²) in [5.41, 5.74) is 6.53. The predicted molar refractivity (Wildman–Crippen MR) is 86.8 cm³/mol. The molecule has 0 saturated heterocycles. The molecule has 1 aliphatic rings. The molecule has 2 N–H and O–H groups in total. The Morgan fingerprint density at radius 1 is 1.41 bits per heavy atom. The molecule has 0 aromatic heterocycles. The van der Waals surface area contributed by atoms with Crippen molar-refractivity contribution in [3.8, 4) is 0 Å². The maximum absolute atomic E-state index is 12.4. The number of nitrogens with zero attached hydrogens (tertiary/aromatic N) is 2. The van der Waals surface area contributed by atoms with E-state index in [0.717, 1.165) is 19.3 Å². The van der Waals surface area contributed by atoms with Gasteiger partial charge in [-0.3, -0.25) is 14.9 Å². The summed E-state index contributed by atoms with van der Waals surface area (Å²) >= 11 is 0. The molecule has 122 valence electrons. The van der Waals surface area contributed by atoms with Crippen LogP contribution in [0.2, 0.25) is 0 Å². The third kappa shape index (κ3) is 4.42. The number of halogens is 1. The van der Waals surface area contributed by atoms with E-state index in [1.807, 2.05) is 0 Å². The molecule has 1 aromatic rings. The number of hydrogen-bond acceptors (Lipinski definition) is 4.